The van der Waals surface area contributed by atoms with Gasteiger partial charge in [0.15, 0.2) is 0 Å². The summed E-state index contributed by atoms with van der Waals surface area (Å²) >= 11 is 0. The van der Waals surface area contributed by atoms with Gasteiger partial charge in [-0.25, -0.2) is 0 Å². The Morgan fingerprint density at radius 2 is 0.436 bits per heavy atom. The highest BCUT2D eigenvalue weighted by Crippen LogP contribution is 2.52. The number of hydrogen-bond acceptors (Lipinski definition) is 2. The lowest BCUT2D eigenvalue weighted by Crippen LogP contribution is -2.15. The van der Waals surface area contributed by atoms with Crippen LogP contribution in [-0.4, -0.2) is 18.3 Å². The lowest BCUT2D eigenvalue weighted by atomic mass is 9.82. The fraction of sp³-hybridized carbons (Fsp3) is 0.0270. The highest BCUT2D eigenvalue weighted by Gasteiger charge is 2.36. The zero-order valence-electron chi connectivity index (χ0n) is 64.8. The molecule has 0 saturated heterocycles. The third-order valence-corrected chi connectivity index (χ3v) is 24.2. The van der Waals surface area contributed by atoms with Crippen LogP contribution in [0.1, 0.15) is 25.0 Å². The molecule has 6 heteroatoms. The number of hydrogen-bond donors (Lipinski definition) is 0. The van der Waals surface area contributed by atoms with Crippen LogP contribution in [0.3, 0.4) is 0 Å². The van der Waals surface area contributed by atoms with Crippen LogP contribution >= 0.6 is 0 Å². The molecule has 0 bridgehead atoms. The highest BCUT2D eigenvalue weighted by atomic mass is 15.1. The normalized spacial score (nSPS) is 12.3. The van der Waals surface area contributed by atoms with Crippen molar-refractivity contribution in [2.24, 2.45) is 0 Å². The maximum absolute atomic E-state index is 2.42. The summed E-state index contributed by atoms with van der Waals surface area (Å²) in [6.07, 6.45) is 0. The first-order valence-electron chi connectivity index (χ1n) is 40.4. The van der Waals surface area contributed by atoms with Gasteiger partial charge in [0.2, 0.25) is 0 Å². The average molecular weight is 1500 g/mol. The molecule has 0 amide bonds. The third kappa shape index (κ3) is 11.6. The topological polar surface area (TPSA) is 26.2 Å². The van der Waals surface area contributed by atoms with Gasteiger partial charge in [-0.2, -0.15) is 0 Å². The molecular weight excluding hydrogens is 1420 g/mol. The molecule has 0 saturated carbocycles. The third-order valence-electron chi connectivity index (χ3n) is 24.2. The fourth-order valence-corrected chi connectivity index (χ4v) is 18.7. The lowest BCUT2D eigenvalue weighted by Gasteiger charge is -2.27. The summed E-state index contributed by atoms with van der Waals surface area (Å²) in [6.45, 7) is 4.68. The summed E-state index contributed by atoms with van der Waals surface area (Å²) < 4.78 is 9.62. The standard InChI is InChI=1S/C57H41N3.C54H37N3/c1-57(2)51-23-10-6-19-45(51)49-37-44(32-33-52(49)57)58(40-15-4-3-5-16-40)41-30-27-38(28-31-41)39-29-34-56-50(35-39)48-22-9-13-26-55(48)60(56)43-18-14-17-42(36-43)59-53-24-11-7-20-46(53)47-21-8-12-25-54(47)59;1-3-14-38(15-4-1)39-26-31-43(32-27-39)55(42-16-5-2-6-17-42)44-33-28-40(29-34-44)41-30-35-54-50(36-41)49-22-9-12-25-53(49)57(54)46-19-13-18-45(37-46)56-51-23-10-7-20-47(51)48-21-8-11-24-52(48)56/h3-37H,1-2H3;1-37H. The second-order valence-electron chi connectivity index (χ2n) is 31.2. The van der Waals surface area contributed by atoms with Crippen LogP contribution in [-0.2, 0) is 5.41 Å². The van der Waals surface area contributed by atoms with E-state index >= 15 is 0 Å². The molecule has 0 atom stereocenters. The van der Waals surface area contributed by atoms with Crippen molar-refractivity contribution in [1.29, 1.82) is 0 Å². The molecule has 0 unspecified atom stereocenters. The van der Waals surface area contributed by atoms with Gasteiger partial charge in [0.1, 0.15) is 0 Å². The largest absolute Gasteiger partial charge is 0.311 e. The molecule has 22 aromatic rings. The fourth-order valence-electron chi connectivity index (χ4n) is 18.7. The molecule has 1 aliphatic carbocycles. The van der Waals surface area contributed by atoms with Crippen LogP contribution in [0, 0.1) is 0 Å². The number of fused-ring (bicyclic) bond motifs is 15. The van der Waals surface area contributed by atoms with Gasteiger partial charge in [-0.1, -0.05) is 281 Å². The summed E-state index contributed by atoms with van der Waals surface area (Å²) in [4.78, 5) is 4.70. The van der Waals surface area contributed by atoms with Crippen LogP contribution in [0.4, 0.5) is 34.1 Å². The molecule has 552 valence electrons. The first-order chi connectivity index (χ1) is 57.8. The number of para-hydroxylation sites is 8. The number of nitrogens with zero attached hydrogens (tertiary/aromatic N) is 6. The molecule has 0 N–H and O–H groups in total. The van der Waals surface area contributed by atoms with E-state index in [-0.39, 0.29) is 5.41 Å². The van der Waals surface area contributed by atoms with E-state index in [1.807, 2.05) is 0 Å². The minimum absolute atomic E-state index is 0.0331. The maximum atomic E-state index is 2.42. The molecule has 0 spiro atoms. The van der Waals surface area contributed by atoms with Crippen LogP contribution < -0.4 is 9.80 Å². The Labute approximate surface area is 679 Å². The van der Waals surface area contributed by atoms with E-state index in [9.17, 15) is 0 Å². The Hall–Kier alpha value is -15.2. The molecule has 4 aromatic heterocycles. The monoisotopic (exact) mass is 1490 g/mol. The summed E-state index contributed by atoms with van der Waals surface area (Å²) in [7, 11) is 0. The molecule has 0 fully saturated rings. The summed E-state index contributed by atoms with van der Waals surface area (Å²) in [5.41, 5.74) is 33.4. The van der Waals surface area contributed by atoms with Crippen molar-refractivity contribution < 1.29 is 0 Å². The number of rotatable bonds is 13. The molecule has 4 heterocycles. The molecule has 1 aliphatic rings. The quantitative estimate of drug-likeness (QED) is 0.115. The van der Waals surface area contributed by atoms with E-state index in [0.29, 0.717) is 0 Å². The van der Waals surface area contributed by atoms with Crippen LogP contribution in [0.25, 0.3) is 154 Å². The van der Waals surface area contributed by atoms with Crippen LogP contribution in [0.2, 0.25) is 0 Å². The van der Waals surface area contributed by atoms with E-state index in [1.54, 1.807) is 0 Å². The SMILES string of the molecule is CC1(C)c2ccccc2-c2cc(N(c3ccccc3)c3ccc(-c4ccc5c(c4)c4ccccc4n5-c4cccc(-n5c6ccccc6c6ccccc65)c4)cc3)ccc21.c1ccc(-c2ccc(N(c3ccccc3)c3ccc(-c4ccc5c(c4)c4ccccc4n5-c4cccc(-n5c6ccccc6c6ccccc65)c4)cc3)cc2)cc1. The minimum Gasteiger partial charge on any atom is -0.311 e. The summed E-state index contributed by atoms with van der Waals surface area (Å²) in [5.74, 6) is 0. The maximum Gasteiger partial charge on any atom is 0.0541 e. The lowest BCUT2D eigenvalue weighted by molar-refractivity contribution is 0.660. The molecule has 0 radical (unpaired) electrons. The van der Waals surface area contributed by atoms with E-state index in [0.717, 1.165) is 56.9 Å². The van der Waals surface area contributed by atoms with Gasteiger partial charge < -0.3 is 28.1 Å². The predicted molar refractivity (Wildman–Crippen MR) is 493 cm³/mol. The van der Waals surface area contributed by atoms with Crippen molar-refractivity contribution in [3.05, 3.63) is 448 Å². The van der Waals surface area contributed by atoms with Gasteiger partial charge >= 0.3 is 0 Å². The average Bonchev–Trinajstić information content (AvgIpc) is 1.59. The molecule has 6 nitrogen and oxygen atoms in total. The van der Waals surface area contributed by atoms with Gasteiger partial charge in [-0.15, -0.1) is 0 Å². The van der Waals surface area contributed by atoms with Crippen molar-refractivity contribution in [3.8, 4) is 67.3 Å². The second-order valence-corrected chi connectivity index (χ2v) is 31.2. The predicted octanol–water partition coefficient (Wildman–Crippen LogP) is 30.0. The van der Waals surface area contributed by atoms with E-state index < -0.39 is 0 Å². The van der Waals surface area contributed by atoms with Crippen molar-refractivity contribution in [3.63, 3.8) is 0 Å². The smallest absolute Gasteiger partial charge is 0.0541 e. The zero-order valence-corrected chi connectivity index (χ0v) is 64.8. The van der Waals surface area contributed by atoms with Crippen LogP contribution in [0.15, 0.2) is 437 Å². The Kier molecular flexibility index (Phi) is 16.5. The van der Waals surface area contributed by atoms with E-state index in [2.05, 4.69) is 479 Å². The number of anilines is 6. The molecule has 18 aromatic carbocycles. The van der Waals surface area contributed by atoms with Crippen LogP contribution in [0.5, 0.6) is 0 Å². The van der Waals surface area contributed by atoms with E-state index in [1.165, 1.54) is 143 Å². The van der Waals surface area contributed by atoms with E-state index in [4.69, 9.17) is 0 Å². The number of aromatic nitrogens is 4. The minimum atomic E-state index is -0.0331. The Morgan fingerprint density at radius 1 is 0.171 bits per heavy atom. The van der Waals surface area contributed by atoms with Gasteiger partial charge in [0.05, 0.1) is 44.1 Å². The number of benzene rings is 18. The Balaban J connectivity index is 0.000000142. The molecule has 117 heavy (non-hydrogen) atoms. The zero-order chi connectivity index (χ0) is 77.7. The van der Waals surface area contributed by atoms with Gasteiger partial charge in [-0.05, 0) is 225 Å². The molecular formula is C111H78N6. The van der Waals surface area contributed by atoms with Crippen molar-refractivity contribution >= 4 is 121 Å². The van der Waals surface area contributed by atoms with Crippen molar-refractivity contribution in [2.45, 2.75) is 19.3 Å². The Morgan fingerprint density at radius 3 is 0.821 bits per heavy atom. The van der Waals surface area contributed by atoms with Crippen molar-refractivity contribution in [2.75, 3.05) is 9.80 Å². The first-order valence-corrected chi connectivity index (χ1v) is 40.4. The molecule has 0 aliphatic heterocycles. The Bertz CT molecular complexity index is 7470. The second kappa shape index (κ2) is 28.1. The summed E-state index contributed by atoms with van der Waals surface area (Å²) in [5, 5.41) is 10.0. The highest BCUT2D eigenvalue weighted by molar-refractivity contribution is 6.14. The first kappa shape index (κ1) is 68.6. The molecule has 23 rings (SSSR count). The van der Waals surface area contributed by atoms with Crippen molar-refractivity contribution in [1.82, 2.24) is 18.3 Å². The summed E-state index contributed by atoms with van der Waals surface area (Å²) in [6, 6.07) is 159. The van der Waals surface area contributed by atoms with Gasteiger partial charge in [0, 0.05) is 105 Å². The van der Waals surface area contributed by atoms with Gasteiger partial charge in [-0.3, -0.25) is 0 Å². The van der Waals surface area contributed by atoms with Gasteiger partial charge in [0.25, 0.3) is 0 Å².